The Bertz CT molecular complexity index is 1130. The van der Waals surface area contributed by atoms with Crippen LogP contribution in [0.2, 0.25) is 0 Å². The first-order valence-electron chi connectivity index (χ1n) is 8.23. The Morgan fingerprint density at radius 3 is 2.52 bits per heavy atom. The number of carbonyl (C=O) groups is 1. The molecule has 0 bridgehead atoms. The highest BCUT2D eigenvalue weighted by molar-refractivity contribution is 7.92. The zero-order valence-corrected chi connectivity index (χ0v) is 16.3. The third-order valence-electron chi connectivity index (χ3n) is 4.09. The Labute approximate surface area is 157 Å². The number of ether oxygens (including phenoxy) is 1. The second-order valence-electron chi connectivity index (χ2n) is 6.47. The molecule has 0 spiro atoms. The summed E-state index contributed by atoms with van der Waals surface area (Å²) >= 11 is 0. The molecular weight excluding hydrogens is 366 g/mol. The molecule has 0 radical (unpaired) electrons. The van der Waals surface area contributed by atoms with E-state index < -0.39 is 10.0 Å². The summed E-state index contributed by atoms with van der Waals surface area (Å²) < 4.78 is 30.6. The van der Waals surface area contributed by atoms with Gasteiger partial charge in [0.05, 0.1) is 19.1 Å². The smallest absolute Gasteiger partial charge is 0.272 e. The fraction of sp³-hybridized carbons (Fsp3) is 0.211. The summed E-state index contributed by atoms with van der Waals surface area (Å²) in [6, 6.07) is 10.6. The van der Waals surface area contributed by atoms with Gasteiger partial charge in [-0.15, -0.1) is 0 Å². The highest BCUT2D eigenvalue weighted by Crippen LogP contribution is 2.29. The van der Waals surface area contributed by atoms with E-state index in [1.165, 1.54) is 13.2 Å². The van der Waals surface area contributed by atoms with Crippen LogP contribution in [0.1, 0.15) is 21.6 Å². The Morgan fingerprint density at radius 2 is 1.85 bits per heavy atom. The second kappa shape index (κ2) is 6.96. The van der Waals surface area contributed by atoms with Gasteiger partial charge in [0, 0.05) is 16.6 Å². The number of H-pyrrole nitrogens is 1. The van der Waals surface area contributed by atoms with Crippen LogP contribution < -0.4 is 14.8 Å². The Balaban J connectivity index is 1.90. The van der Waals surface area contributed by atoms with E-state index >= 15 is 0 Å². The van der Waals surface area contributed by atoms with Crippen LogP contribution >= 0.6 is 0 Å². The summed E-state index contributed by atoms with van der Waals surface area (Å²) in [5, 5.41) is 3.76. The molecule has 0 aliphatic rings. The molecule has 0 aliphatic heterocycles. The van der Waals surface area contributed by atoms with E-state index in [-0.39, 0.29) is 11.6 Å². The normalized spacial score (nSPS) is 11.4. The lowest BCUT2D eigenvalue weighted by Gasteiger charge is -2.12. The zero-order chi connectivity index (χ0) is 19.8. The average molecular weight is 387 g/mol. The van der Waals surface area contributed by atoms with Gasteiger partial charge in [-0.05, 0) is 55.3 Å². The molecule has 3 rings (SSSR count). The Hall–Kier alpha value is -3.00. The van der Waals surface area contributed by atoms with Crippen LogP contribution in [0.3, 0.4) is 0 Å². The number of benzene rings is 2. The van der Waals surface area contributed by atoms with Gasteiger partial charge in [0.2, 0.25) is 10.0 Å². The molecule has 0 aliphatic carbocycles. The minimum absolute atomic E-state index is 0.251. The van der Waals surface area contributed by atoms with Crippen LogP contribution in [0, 0.1) is 13.8 Å². The zero-order valence-electron chi connectivity index (χ0n) is 15.5. The lowest BCUT2D eigenvalue weighted by molar-refractivity contribution is 0.102. The van der Waals surface area contributed by atoms with Gasteiger partial charge in [-0.3, -0.25) is 9.52 Å². The molecule has 0 fully saturated rings. The van der Waals surface area contributed by atoms with Crippen LogP contribution in [0.5, 0.6) is 5.75 Å². The van der Waals surface area contributed by atoms with Gasteiger partial charge in [0.15, 0.2) is 0 Å². The number of fused-ring (bicyclic) bond motifs is 1. The lowest BCUT2D eigenvalue weighted by Crippen LogP contribution is -2.14. The van der Waals surface area contributed by atoms with Crippen molar-refractivity contribution in [3.05, 3.63) is 53.2 Å². The largest absolute Gasteiger partial charge is 0.495 e. The highest BCUT2D eigenvalue weighted by Gasteiger charge is 2.14. The van der Waals surface area contributed by atoms with Crippen molar-refractivity contribution in [1.29, 1.82) is 0 Å². The molecule has 27 heavy (non-hydrogen) atoms. The molecule has 2 aromatic carbocycles. The number of anilines is 2. The Morgan fingerprint density at radius 1 is 1.11 bits per heavy atom. The molecule has 7 nitrogen and oxygen atoms in total. The molecule has 3 N–H and O–H groups in total. The number of hydrogen-bond acceptors (Lipinski definition) is 4. The summed E-state index contributed by atoms with van der Waals surface area (Å²) in [6.07, 6.45) is 1.05. The highest BCUT2D eigenvalue weighted by atomic mass is 32.2. The number of aryl methyl sites for hydroxylation is 2. The van der Waals surface area contributed by atoms with Crippen molar-refractivity contribution in [2.75, 3.05) is 23.4 Å². The molecular formula is C19H21N3O4S. The van der Waals surface area contributed by atoms with Gasteiger partial charge in [0.1, 0.15) is 11.4 Å². The quantitative estimate of drug-likeness (QED) is 0.624. The minimum atomic E-state index is -3.48. The first-order valence-corrected chi connectivity index (χ1v) is 10.1. The fourth-order valence-electron chi connectivity index (χ4n) is 2.99. The van der Waals surface area contributed by atoms with Crippen LogP contribution in [-0.4, -0.2) is 32.7 Å². The van der Waals surface area contributed by atoms with Gasteiger partial charge >= 0.3 is 0 Å². The van der Waals surface area contributed by atoms with E-state index in [1.807, 2.05) is 19.9 Å². The van der Waals surface area contributed by atoms with Gasteiger partial charge in [-0.25, -0.2) is 8.42 Å². The molecule has 1 heterocycles. The summed E-state index contributed by atoms with van der Waals surface area (Å²) in [4.78, 5) is 15.7. The number of nitrogens with one attached hydrogen (secondary N) is 3. The van der Waals surface area contributed by atoms with Crippen molar-refractivity contribution in [1.82, 2.24) is 4.98 Å². The number of aromatic nitrogens is 1. The van der Waals surface area contributed by atoms with Crippen molar-refractivity contribution in [3.63, 3.8) is 0 Å². The fourth-order valence-corrected chi connectivity index (χ4v) is 3.54. The summed E-state index contributed by atoms with van der Waals surface area (Å²) in [5.41, 5.74) is 4.21. The van der Waals surface area contributed by atoms with Gasteiger partial charge < -0.3 is 15.0 Å². The number of amides is 1. The SMILES string of the molecule is COc1ccc(NC(=O)c2cc3c(C)cc(C)cc3[nH]2)cc1NS(C)(=O)=O. The lowest BCUT2D eigenvalue weighted by atomic mass is 10.1. The molecule has 0 atom stereocenters. The number of aromatic amines is 1. The van der Waals surface area contributed by atoms with Gasteiger partial charge in [-0.1, -0.05) is 6.07 Å². The number of sulfonamides is 1. The maximum absolute atomic E-state index is 12.6. The monoisotopic (exact) mass is 387 g/mol. The maximum atomic E-state index is 12.6. The minimum Gasteiger partial charge on any atom is -0.495 e. The van der Waals surface area contributed by atoms with Crippen LogP contribution in [0.4, 0.5) is 11.4 Å². The average Bonchev–Trinajstić information content (AvgIpc) is 2.98. The van der Waals surface area contributed by atoms with Gasteiger partial charge in [-0.2, -0.15) is 0 Å². The topological polar surface area (TPSA) is 100 Å². The standard InChI is InChI=1S/C19H21N3O4S/c1-11-7-12(2)14-10-17(21-15(14)8-11)19(23)20-13-5-6-18(26-3)16(9-13)22-27(4,24)25/h5-10,21-22H,1-4H3,(H,20,23). The number of methoxy groups -OCH3 is 1. The van der Waals surface area contributed by atoms with Crippen LogP contribution in [0.25, 0.3) is 10.9 Å². The predicted molar refractivity (Wildman–Crippen MR) is 107 cm³/mol. The molecule has 142 valence electrons. The van der Waals surface area contributed by atoms with Crippen molar-refractivity contribution in [3.8, 4) is 5.75 Å². The third kappa shape index (κ3) is 4.22. The van der Waals surface area contributed by atoms with E-state index in [1.54, 1.807) is 18.2 Å². The first kappa shape index (κ1) is 18.8. The molecule has 0 saturated heterocycles. The van der Waals surface area contributed by atoms with Crippen molar-refractivity contribution in [2.45, 2.75) is 13.8 Å². The Kier molecular flexibility index (Phi) is 4.84. The molecule has 1 amide bonds. The van der Waals surface area contributed by atoms with Crippen molar-refractivity contribution >= 4 is 38.2 Å². The van der Waals surface area contributed by atoms with Crippen LogP contribution in [-0.2, 0) is 10.0 Å². The third-order valence-corrected chi connectivity index (χ3v) is 4.68. The van der Waals surface area contributed by atoms with E-state index in [0.29, 0.717) is 17.1 Å². The van der Waals surface area contributed by atoms with E-state index in [0.717, 1.165) is 28.3 Å². The summed E-state index contributed by atoms with van der Waals surface area (Å²) in [7, 11) is -2.04. The van der Waals surface area contributed by atoms with Gasteiger partial charge in [0.25, 0.3) is 5.91 Å². The number of hydrogen-bond donors (Lipinski definition) is 3. The first-order chi connectivity index (χ1) is 12.7. The van der Waals surface area contributed by atoms with E-state index in [4.69, 9.17) is 4.74 Å². The van der Waals surface area contributed by atoms with Crippen LogP contribution in [0.15, 0.2) is 36.4 Å². The number of carbonyl (C=O) groups excluding carboxylic acids is 1. The summed E-state index contributed by atoms with van der Waals surface area (Å²) in [6.45, 7) is 4.00. The number of rotatable bonds is 5. The molecule has 3 aromatic rings. The molecule has 0 saturated carbocycles. The molecule has 0 unspecified atom stereocenters. The van der Waals surface area contributed by atoms with Crippen molar-refractivity contribution < 1.29 is 17.9 Å². The van der Waals surface area contributed by atoms with E-state index in [2.05, 4.69) is 21.1 Å². The summed E-state index contributed by atoms with van der Waals surface area (Å²) in [5.74, 6) is 0.0360. The van der Waals surface area contributed by atoms with E-state index in [9.17, 15) is 13.2 Å². The second-order valence-corrected chi connectivity index (χ2v) is 8.22. The molecule has 8 heteroatoms. The van der Waals surface area contributed by atoms with Crippen molar-refractivity contribution in [2.24, 2.45) is 0 Å². The predicted octanol–water partition coefficient (Wildman–Crippen LogP) is 3.42. The maximum Gasteiger partial charge on any atom is 0.272 e. The molecule has 1 aromatic heterocycles.